The van der Waals surface area contributed by atoms with Crippen molar-refractivity contribution in [2.45, 2.75) is 38.0 Å². The molecule has 2 N–H and O–H groups in total. The molecule has 0 spiro atoms. The number of carbonyl (C=O) groups excluding carboxylic acids is 1. The van der Waals surface area contributed by atoms with E-state index >= 15 is 0 Å². The minimum absolute atomic E-state index is 0.268. The topological polar surface area (TPSA) is 56.0 Å². The van der Waals surface area contributed by atoms with E-state index in [1.807, 2.05) is 6.07 Å². The van der Waals surface area contributed by atoms with Gasteiger partial charge < -0.3 is 5.73 Å². The van der Waals surface area contributed by atoms with Crippen molar-refractivity contribution in [1.29, 1.82) is 0 Å². The van der Waals surface area contributed by atoms with Gasteiger partial charge in [-0.2, -0.15) is 0 Å². The van der Waals surface area contributed by atoms with Crippen LogP contribution in [-0.4, -0.2) is 16.1 Å². The number of nitrogens with zero attached hydrogens (tertiary/aromatic N) is 1. The minimum atomic E-state index is -0.315. The van der Waals surface area contributed by atoms with Crippen molar-refractivity contribution in [3.63, 3.8) is 0 Å². The molecule has 0 saturated carbocycles. The second kappa shape index (κ2) is 5.21. The first-order valence-corrected chi connectivity index (χ1v) is 7.11. The first-order valence-electron chi connectivity index (χ1n) is 6.23. The van der Waals surface area contributed by atoms with Crippen LogP contribution in [0.3, 0.4) is 0 Å². The highest BCUT2D eigenvalue weighted by molar-refractivity contribution is 8.00. The monoisotopic (exact) mass is 274 g/mol. The van der Waals surface area contributed by atoms with E-state index in [1.54, 1.807) is 6.92 Å². The average Bonchev–Trinajstić information content (AvgIpc) is 2.30. The third kappa shape index (κ3) is 2.89. The number of fused-ring (bicyclic) bond motifs is 1. The number of pyridine rings is 1. The highest BCUT2D eigenvalue weighted by Crippen LogP contribution is 2.28. The van der Waals surface area contributed by atoms with Crippen LogP contribution < -0.4 is 5.73 Å². The molecule has 2 rings (SSSR count). The van der Waals surface area contributed by atoms with Crippen molar-refractivity contribution in [3.8, 4) is 0 Å². The van der Waals surface area contributed by atoms with Crippen LogP contribution >= 0.6 is 11.8 Å². The van der Waals surface area contributed by atoms with Crippen molar-refractivity contribution >= 4 is 28.6 Å². The number of hydrogen-bond donors (Lipinski definition) is 1. The van der Waals surface area contributed by atoms with Crippen LogP contribution in [0.5, 0.6) is 0 Å². The Kier molecular flexibility index (Phi) is 3.80. The molecule has 19 heavy (non-hydrogen) atoms. The maximum atomic E-state index is 11.1. The molecule has 0 fully saturated rings. The summed E-state index contributed by atoms with van der Waals surface area (Å²) in [6.07, 6.45) is 0. The van der Waals surface area contributed by atoms with Gasteiger partial charge >= 0.3 is 0 Å². The van der Waals surface area contributed by atoms with Gasteiger partial charge in [0.05, 0.1) is 15.8 Å². The molecular weight excluding hydrogens is 256 g/mol. The van der Waals surface area contributed by atoms with E-state index in [2.05, 4.69) is 37.9 Å². The third-order valence-corrected chi connectivity index (χ3v) is 4.17. The molecule has 0 saturated heterocycles. The number of amides is 1. The summed E-state index contributed by atoms with van der Waals surface area (Å²) in [4.78, 5) is 15.8. The molecule has 1 heterocycles. The van der Waals surface area contributed by atoms with Crippen molar-refractivity contribution in [2.75, 3.05) is 0 Å². The second-order valence-corrected chi connectivity index (χ2v) is 6.28. The maximum absolute atomic E-state index is 11.1. The van der Waals surface area contributed by atoms with Crippen LogP contribution in [0.1, 0.15) is 23.6 Å². The Labute approximate surface area is 117 Å². The van der Waals surface area contributed by atoms with E-state index in [-0.39, 0.29) is 11.2 Å². The van der Waals surface area contributed by atoms with Crippen LogP contribution in [0.15, 0.2) is 23.2 Å². The van der Waals surface area contributed by atoms with Gasteiger partial charge in [-0.15, -0.1) is 0 Å². The van der Waals surface area contributed by atoms with Gasteiger partial charge in [0.25, 0.3) is 0 Å². The lowest BCUT2D eigenvalue weighted by atomic mass is 10.0. The number of hydrogen-bond acceptors (Lipinski definition) is 3. The molecule has 1 aromatic heterocycles. The van der Waals surface area contributed by atoms with Gasteiger partial charge in [-0.05, 0) is 51.0 Å². The zero-order chi connectivity index (χ0) is 14.2. The van der Waals surface area contributed by atoms with Gasteiger partial charge in [0.15, 0.2) is 0 Å². The summed E-state index contributed by atoms with van der Waals surface area (Å²) >= 11 is 1.41. The fourth-order valence-corrected chi connectivity index (χ4v) is 2.98. The fourth-order valence-electron chi connectivity index (χ4n) is 2.11. The molecule has 0 unspecified atom stereocenters. The highest BCUT2D eigenvalue weighted by atomic mass is 32.2. The van der Waals surface area contributed by atoms with Gasteiger partial charge in [0.1, 0.15) is 0 Å². The van der Waals surface area contributed by atoms with E-state index in [4.69, 9.17) is 5.73 Å². The summed E-state index contributed by atoms with van der Waals surface area (Å²) in [5.74, 6) is -0.315. The molecule has 0 aliphatic heterocycles. The Morgan fingerprint density at radius 3 is 2.53 bits per heavy atom. The molecule has 0 radical (unpaired) electrons. The largest absolute Gasteiger partial charge is 0.369 e. The average molecular weight is 274 g/mol. The lowest BCUT2D eigenvalue weighted by molar-refractivity contribution is -0.117. The molecule has 2 aromatic rings. The number of aromatic nitrogens is 1. The van der Waals surface area contributed by atoms with Crippen molar-refractivity contribution < 1.29 is 4.79 Å². The highest BCUT2D eigenvalue weighted by Gasteiger charge is 2.13. The van der Waals surface area contributed by atoms with Gasteiger partial charge in [0, 0.05) is 5.39 Å². The summed E-state index contributed by atoms with van der Waals surface area (Å²) in [7, 11) is 0. The quantitative estimate of drug-likeness (QED) is 0.875. The zero-order valence-corrected chi connectivity index (χ0v) is 12.5. The Balaban J connectivity index is 2.52. The lowest BCUT2D eigenvalue weighted by Gasteiger charge is -2.11. The summed E-state index contributed by atoms with van der Waals surface area (Å²) in [6, 6.07) is 6.29. The molecule has 3 nitrogen and oxygen atoms in total. The Morgan fingerprint density at radius 2 is 1.89 bits per heavy atom. The molecule has 0 aliphatic rings. The number of nitrogens with two attached hydrogens (primary N) is 1. The van der Waals surface area contributed by atoms with Crippen LogP contribution in [0.4, 0.5) is 0 Å². The number of rotatable bonds is 3. The maximum Gasteiger partial charge on any atom is 0.230 e. The summed E-state index contributed by atoms with van der Waals surface area (Å²) in [5.41, 5.74) is 9.87. The third-order valence-electron chi connectivity index (χ3n) is 3.13. The predicted octanol–water partition coefficient (Wildman–Crippen LogP) is 3.13. The lowest BCUT2D eigenvalue weighted by Crippen LogP contribution is -2.22. The summed E-state index contributed by atoms with van der Waals surface area (Å²) in [5, 5.41) is 1.76. The van der Waals surface area contributed by atoms with E-state index in [0.29, 0.717) is 0 Å². The fraction of sp³-hybridized carbons (Fsp3) is 0.333. The first kappa shape index (κ1) is 13.9. The van der Waals surface area contributed by atoms with Gasteiger partial charge in [0.2, 0.25) is 5.91 Å². The van der Waals surface area contributed by atoms with E-state index in [9.17, 15) is 4.79 Å². The van der Waals surface area contributed by atoms with Crippen molar-refractivity contribution in [1.82, 2.24) is 4.98 Å². The molecule has 1 atom stereocenters. The molecule has 0 bridgehead atoms. The number of carbonyl (C=O) groups is 1. The van der Waals surface area contributed by atoms with E-state index in [0.717, 1.165) is 16.1 Å². The number of benzene rings is 1. The molecule has 1 aromatic carbocycles. The molecular formula is C15H18N2OS. The molecule has 4 heteroatoms. The first-order chi connectivity index (χ1) is 8.88. The standard InChI is InChI=1S/C15H18N2OS/c1-8-5-10(3)14-12(6-8)9(2)7-13(17-14)19-11(4)15(16)18/h5-7,11H,1-4H3,(H2,16,18)/t11-/m1/s1. The Bertz CT molecular complexity index is 652. The van der Waals surface area contributed by atoms with Crippen molar-refractivity contribution in [2.24, 2.45) is 5.73 Å². The molecule has 1 amide bonds. The number of aryl methyl sites for hydroxylation is 3. The Hall–Kier alpha value is -1.55. The molecule has 100 valence electrons. The molecule has 0 aliphatic carbocycles. The van der Waals surface area contributed by atoms with Crippen LogP contribution in [0.25, 0.3) is 10.9 Å². The van der Waals surface area contributed by atoms with E-state index < -0.39 is 0 Å². The predicted molar refractivity (Wildman–Crippen MR) is 80.5 cm³/mol. The second-order valence-electron chi connectivity index (χ2n) is 4.92. The number of thioether (sulfide) groups is 1. The Morgan fingerprint density at radius 1 is 1.21 bits per heavy atom. The SMILES string of the molecule is Cc1cc(C)c2nc(S[C@H](C)C(N)=O)cc(C)c2c1. The summed E-state index contributed by atoms with van der Waals surface area (Å²) < 4.78 is 0. The van der Waals surface area contributed by atoms with Gasteiger partial charge in [-0.25, -0.2) is 4.98 Å². The van der Waals surface area contributed by atoms with Gasteiger partial charge in [-0.1, -0.05) is 23.4 Å². The summed E-state index contributed by atoms with van der Waals surface area (Å²) in [6.45, 7) is 8.02. The normalized spacial score (nSPS) is 12.6. The van der Waals surface area contributed by atoms with Crippen LogP contribution in [0, 0.1) is 20.8 Å². The minimum Gasteiger partial charge on any atom is -0.369 e. The zero-order valence-electron chi connectivity index (χ0n) is 11.7. The van der Waals surface area contributed by atoms with Gasteiger partial charge in [-0.3, -0.25) is 4.79 Å². The smallest absolute Gasteiger partial charge is 0.230 e. The number of primary amides is 1. The van der Waals surface area contributed by atoms with Crippen LogP contribution in [0.2, 0.25) is 0 Å². The van der Waals surface area contributed by atoms with Crippen molar-refractivity contribution in [3.05, 3.63) is 34.9 Å². The van der Waals surface area contributed by atoms with E-state index in [1.165, 1.54) is 28.3 Å². The van der Waals surface area contributed by atoms with Crippen LogP contribution in [-0.2, 0) is 4.79 Å².